The molecule has 5 heavy (non-hydrogen) atoms. The van der Waals surface area contributed by atoms with E-state index in [1.807, 2.05) is 0 Å². The van der Waals surface area contributed by atoms with Gasteiger partial charge in [0.15, 0.2) is 0 Å². The molecule has 0 saturated carbocycles. The highest BCUT2D eigenvalue weighted by Crippen LogP contribution is 0.862. The van der Waals surface area contributed by atoms with Gasteiger partial charge in [0.2, 0.25) is 0 Å². The molecular formula is C3H10ClN. The van der Waals surface area contributed by atoms with Crippen LogP contribution in [0.25, 0.3) is 0 Å². The summed E-state index contributed by atoms with van der Waals surface area (Å²) in [4.78, 5) is 0. The predicted molar refractivity (Wildman–Crippen MR) is 28.6 cm³/mol. The smallest absolute Gasteiger partial charge is 0.0195 e. The molecule has 2 heteroatoms. The summed E-state index contributed by atoms with van der Waals surface area (Å²) in [6.45, 7) is 6.00. The molecule has 0 aliphatic rings. The Bertz CT molecular complexity index is 6.85. The largest absolute Gasteiger partial charge is 0.333 e. The molecule has 0 saturated heterocycles. The van der Waals surface area contributed by atoms with Crippen molar-refractivity contribution in [3.8, 4) is 0 Å². The van der Waals surface area contributed by atoms with E-state index in [1.54, 1.807) is 0 Å². The summed E-state index contributed by atoms with van der Waals surface area (Å²) in [7, 11) is 1.50. The molecule has 0 spiro atoms. The van der Waals surface area contributed by atoms with Crippen LogP contribution >= 0.6 is 12.4 Å². The topological polar surface area (TPSA) is 26.0 Å². The SMILES string of the molecule is C=C.CN.Cl. The highest BCUT2D eigenvalue weighted by Gasteiger charge is 0.836. The van der Waals surface area contributed by atoms with E-state index in [2.05, 4.69) is 18.9 Å². The molecule has 2 N–H and O–H groups in total. The number of hydrogen-bond donors (Lipinski definition) is 1. The third kappa shape index (κ3) is 158000. The van der Waals surface area contributed by atoms with Gasteiger partial charge in [-0.1, -0.05) is 0 Å². The molecule has 0 aromatic carbocycles. The van der Waals surface area contributed by atoms with Gasteiger partial charge >= 0.3 is 0 Å². The van der Waals surface area contributed by atoms with Crippen LogP contribution in [0.3, 0.4) is 0 Å². The summed E-state index contributed by atoms with van der Waals surface area (Å²) < 4.78 is 0. The molecule has 0 aromatic rings. The van der Waals surface area contributed by atoms with Crippen LogP contribution in [0.2, 0.25) is 0 Å². The normalized spacial score (nSPS) is 2.00. The van der Waals surface area contributed by atoms with Gasteiger partial charge in [0.25, 0.3) is 0 Å². The Labute approximate surface area is 39.3 Å². The van der Waals surface area contributed by atoms with E-state index in [0.29, 0.717) is 0 Å². The Balaban J connectivity index is -0.0000000133. The summed E-state index contributed by atoms with van der Waals surface area (Å²) in [5, 5.41) is 0. The monoisotopic (exact) mass is 95.1 g/mol. The molecule has 0 heterocycles. The van der Waals surface area contributed by atoms with Crippen molar-refractivity contribution in [1.82, 2.24) is 0 Å². The Hall–Kier alpha value is -0.0100. The van der Waals surface area contributed by atoms with Gasteiger partial charge in [0, 0.05) is 0 Å². The van der Waals surface area contributed by atoms with Crippen LogP contribution < -0.4 is 5.73 Å². The Morgan fingerprint density at radius 2 is 1.20 bits per heavy atom. The van der Waals surface area contributed by atoms with Crippen LogP contribution in [-0.4, -0.2) is 7.05 Å². The lowest BCUT2D eigenvalue weighted by molar-refractivity contribution is 1.48. The van der Waals surface area contributed by atoms with Crippen LogP contribution in [0.15, 0.2) is 13.2 Å². The van der Waals surface area contributed by atoms with Gasteiger partial charge in [-0.15, -0.1) is 25.6 Å². The lowest BCUT2D eigenvalue weighted by atomic mass is 11.3. The summed E-state index contributed by atoms with van der Waals surface area (Å²) in [5.74, 6) is 0. The van der Waals surface area contributed by atoms with E-state index >= 15 is 0 Å². The lowest BCUT2D eigenvalue weighted by Crippen LogP contribution is -1.69. The van der Waals surface area contributed by atoms with E-state index in [1.165, 1.54) is 7.05 Å². The molecule has 34 valence electrons. The lowest BCUT2D eigenvalue weighted by Gasteiger charge is -1.19. The second-order valence-electron chi connectivity index (χ2n) is 0. The van der Waals surface area contributed by atoms with Gasteiger partial charge in [0.1, 0.15) is 0 Å². The average molecular weight is 95.6 g/mol. The first-order valence-corrected chi connectivity index (χ1v) is 1.08. The van der Waals surface area contributed by atoms with Crippen molar-refractivity contribution in [2.75, 3.05) is 7.05 Å². The van der Waals surface area contributed by atoms with Gasteiger partial charge in [-0.05, 0) is 7.05 Å². The van der Waals surface area contributed by atoms with Crippen molar-refractivity contribution in [2.24, 2.45) is 5.73 Å². The van der Waals surface area contributed by atoms with E-state index in [-0.39, 0.29) is 12.4 Å². The second-order valence-corrected chi connectivity index (χ2v) is 0. The van der Waals surface area contributed by atoms with Crippen molar-refractivity contribution in [3.63, 3.8) is 0 Å². The zero-order valence-corrected chi connectivity index (χ0v) is 4.22. The molecule has 0 bridgehead atoms. The minimum absolute atomic E-state index is 0. The highest BCUT2D eigenvalue weighted by atomic mass is 35.5. The standard InChI is InChI=1S/C2H4.CH5N.ClH/c2*1-2;/h1-2H2;2H2,1H3;1H. The summed E-state index contributed by atoms with van der Waals surface area (Å²) in [5.41, 5.74) is 4.50. The fraction of sp³-hybridized carbons (Fsp3) is 0.333. The molecule has 0 atom stereocenters. The fourth-order valence-electron chi connectivity index (χ4n) is 0. The van der Waals surface area contributed by atoms with Crippen molar-refractivity contribution in [3.05, 3.63) is 13.2 Å². The minimum Gasteiger partial charge on any atom is -0.333 e. The van der Waals surface area contributed by atoms with Crippen LogP contribution in [0, 0.1) is 0 Å². The molecule has 0 rings (SSSR count). The Morgan fingerprint density at radius 1 is 1.20 bits per heavy atom. The van der Waals surface area contributed by atoms with Gasteiger partial charge in [-0.25, -0.2) is 0 Å². The third-order valence-corrected chi connectivity index (χ3v) is 0. The number of nitrogens with two attached hydrogens (primary N) is 1. The maximum atomic E-state index is 4.50. The maximum Gasteiger partial charge on any atom is -0.0195 e. The molecule has 0 unspecified atom stereocenters. The first-order chi connectivity index (χ1) is 2.00. The summed E-state index contributed by atoms with van der Waals surface area (Å²) >= 11 is 0. The maximum absolute atomic E-state index is 4.50. The third-order valence-electron chi connectivity index (χ3n) is 0. The van der Waals surface area contributed by atoms with Crippen LogP contribution in [0.1, 0.15) is 0 Å². The average Bonchev–Trinajstić information content (AvgIpc) is 1.50. The van der Waals surface area contributed by atoms with Crippen LogP contribution in [0.4, 0.5) is 0 Å². The quantitative estimate of drug-likeness (QED) is 0.443. The Kier molecular flexibility index (Phi) is 1430000. The summed E-state index contributed by atoms with van der Waals surface area (Å²) in [6, 6.07) is 0. The minimum atomic E-state index is 0. The van der Waals surface area contributed by atoms with Crippen molar-refractivity contribution in [1.29, 1.82) is 0 Å². The zero-order chi connectivity index (χ0) is 4.00. The highest BCUT2D eigenvalue weighted by molar-refractivity contribution is 5.85. The fourth-order valence-corrected chi connectivity index (χ4v) is 0. The van der Waals surface area contributed by atoms with Gasteiger partial charge in [-0.3, -0.25) is 0 Å². The molecule has 1 nitrogen and oxygen atoms in total. The molecule has 0 aromatic heterocycles. The van der Waals surface area contributed by atoms with E-state index in [4.69, 9.17) is 0 Å². The second kappa shape index (κ2) is 357000. The molecule has 0 radical (unpaired) electrons. The molecule has 0 fully saturated rings. The van der Waals surface area contributed by atoms with Crippen LogP contribution in [-0.2, 0) is 0 Å². The molecular weight excluding hydrogens is 85.5 g/mol. The van der Waals surface area contributed by atoms with Gasteiger partial charge in [0.05, 0.1) is 0 Å². The first kappa shape index (κ1) is 20.1. The zero-order valence-electron chi connectivity index (χ0n) is 3.40. The van der Waals surface area contributed by atoms with Gasteiger partial charge < -0.3 is 5.73 Å². The number of rotatable bonds is 0. The first-order valence-electron chi connectivity index (χ1n) is 1.08. The molecule has 0 amide bonds. The van der Waals surface area contributed by atoms with E-state index in [9.17, 15) is 0 Å². The van der Waals surface area contributed by atoms with E-state index < -0.39 is 0 Å². The van der Waals surface area contributed by atoms with Crippen molar-refractivity contribution in [2.45, 2.75) is 0 Å². The van der Waals surface area contributed by atoms with Crippen LogP contribution in [0.5, 0.6) is 0 Å². The van der Waals surface area contributed by atoms with E-state index in [0.717, 1.165) is 0 Å². The molecule has 0 aliphatic carbocycles. The Morgan fingerprint density at radius 3 is 1.20 bits per heavy atom. The van der Waals surface area contributed by atoms with Crippen molar-refractivity contribution < 1.29 is 0 Å². The van der Waals surface area contributed by atoms with Crippen molar-refractivity contribution >= 4 is 12.4 Å². The summed E-state index contributed by atoms with van der Waals surface area (Å²) in [6.07, 6.45) is 0. The van der Waals surface area contributed by atoms with Gasteiger partial charge in [-0.2, -0.15) is 0 Å². The number of hydrogen-bond acceptors (Lipinski definition) is 1. The number of halogens is 1. The predicted octanol–water partition coefficient (Wildman–Crippen LogP) is 0.799. The molecule has 0 aliphatic heterocycles.